The van der Waals surface area contributed by atoms with Crippen molar-refractivity contribution in [3.63, 3.8) is 0 Å². The molecule has 0 fully saturated rings. The Bertz CT molecular complexity index is 529. The molecule has 0 radical (unpaired) electrons. The second-order valence-corrected chi connectivity index (χ2v) is 4.16. The van der Waals surface area contributed by atoms with Gasteiger partial charge in [-0.15, -0.1) is 0 Å². The van der Waals surface area contributed by atoms with Crippen LogP contribution in [-0.4, -0.2) is 48.5 Å². The van der Waals surface area contributed by atoms with Gasteiger partial charge in [-0.3, -0.25) is 9.59 Å². The summed E-state index contributed by atoms with van der Waals surface area (Å²) in [5.74, 6) is -0.933. The molecule has 1 rings (SSSR count). The highest BCUT2D eigenvalue weighted by Gasteiger charge is 2.27. The van der Waals surface area contributed by atoms with Gasteiger partial charge in [0.05, 0.1) is 11.9 Å². The Morgan fingerprint density at radius 2 is 2.10 bits per heavy atom. The van der Waals surface area contributed by atoms with E-state index in [1.54, 1.807) is 12.4 Å². The summed E-state index contributed by atoms with van der Waals surface area (Å²) in [7, 11) is 1.78. The fourth-order valence-electron chi connectivity index (χ4n) is 1.37. The molecule has 1 heterocycles. The van der Waals surface area contributed by atoms with Gasteiger partial charge in [-0.1, -0.05) is 0 Å². The molecule has 0 bridgehead atoms. The lowest BCUT2D eigenvalue weighted by molar-refractivity contribution is -0.138. The van der Waals surface area contributed by atoms with Crippen LogP contribution in [0.3, 0.4) is 0 Å². The van der Waals surface area contributed by atoms with Crippen LogP contribution in [0.25, 0.3) is 0 Å². The fraction of sp³-hybridized carbons (Fsp3) is 0.545. The van der Waals surface area contributed by atoms with Crippen molar-refractivity contribution >= 4 is 11.6 Å². The van der Waals surface area contributed by atoms with E-state index < -0.39 is 30.7 Å². The average Bonchev–Trinajstić information content (AvgIpc) is 2.39. The topological polar surface area (TPSA) is 88.1 Å². The van der Waals surface area contributed by atoms with Gasteiger partial charge in [-0.05, 0) is 7.05 Å². The molecule has 1 aromatic rings. The van der Waals surface area contributed by atoms with Gasteiger partial charge in [-0.2, -0.15) is 18.3 Å². The van der Waals surface area contributed by atoms with Crippen LogP contribution in [0, 0.1) is 0 Å². The Kier molecular flexibility index (Phi) is 6.15. The van der Waals surface area contributed by atoms with E-state index in [1.807, 2.05) is 0 Å². The van der Waals surface area contributed by atoms with E-state index in [9.17, 15) is 22.8 Å². The molecule has 0 saturated heterocycles. The Hall–Kier alpha value is -2.10. The molecule has 0 atom stereocenters. The summed E-state index contributed by atoms with van der Waals surface area (Å²) in [6.45, 7) is -0.743. The van der Waals surface area contributed by atoms with E-state index >= 15 is 0 Å². The molecule has 7 nitrogen and oxygen atoms in total. The highest BCUT2D eigenvalue weighted by Crippen LogP contribution is 2.11. The van der Waals surface area contributed by atoms with Crippen LogP contribution >= 0.6 is 0 Å². The van der Waals surface area contributed by atoms with Crippen LogP contribution in [-0.2, 0) is 11.3 Å². The van der Waals surface area contributed by atoms with E-state index in [1.165, 1.54) is 12.3 Å². The SMILES string of the molecule is CNCCNc1cnn(CC(=O)NCC(F)(F)F)c(=O)c1. The van der Waals surface area contributed by atoms with Crippen molar-refractivity contribution in [1.29, 1.82) is 0 Å². The first-order valence-electron chi connectivity index (χ1n) is 6.11. The smallest absolute Gasteiger partial charge is 0.382 e. The molecule has 118 valence electrons. The minimum atomic E-state index is -4.49. The van der Waals surface area contributed by atoms with Crippen molar-refractivity contribution in [3.05, 3.63) is 22.6 Å². The molecule has 3 N–H and O–H groups in total. The van der Waals surface area contributed by atoms with Gasteiger partial charge < -0.3 is 16.0 Å². The summed E-state index contributed by atoms with van der Waals surface area (Å²) < 4.78 is 36.6. The number of alkyl halides is 3. The molecule has 1 aromatic heterocycles. The van der Waals surface area contributed by atoms with Crippen LogP contribution in [0.15, 0.2) is 17.1 Å². The second kappa shape index (κ2) is 7.62. The summed E-state index contributed by atoms with van der Waals surface area (Å²) in [5.41, 5.74) is -0.103. The molecule has 0 aromatic carbocycles. The molecule has 10 heteroatoms. The van der Waals surface area contributed by atoms with E-state index in [0.717, 1.165) is 4.68 Å². The van der Waals surface area contributed by atoms with Gasteiger partial charge in [0.1, 0.15) is 13.1 Å². The molecule has 0 aliphatic carbocycles. The van der Waals surface area contributed by atoms with Gasteiger partial charge in [0.2, 0.25) is 5.91 Å². The summed E-state index contributed by atoms with van der Waals surface area (Å²) in [6.07, 6.45) is -3.16. The monoisotopic (exact) mass is 307 g/mol. The molecule has 1 amide bonds. The maximum absolute atomic E-state index is 11.9. The number of carbonyl (C=O) groups is 1. The van der Waals surface area contributed by atoms with E-state index in [0.29, 0.717) is 18.8 Å². The Balaban J connectivity index is 2.56. The number of halogens is 3. The molecule has 0 aliphatic heterocycles. The Morgan fingerprint density at radius 3 is 2.67 bits per heavy atom. The molecular formula is C11H16F3N5O2. The maximum atomic E-state index is 11.9. The van der Waals surface area contributed by atoms with Crippen LogP contribution in [0.5, 0.6) is 0 Å². The van der Waals surface area contributed by atoms with Crippen LogP contribution in [0.4, 0.5) is 18.9 Å². The number of carbonyl (C=O) groups excluding carboxylic acids is 1. The lowest BCUT2D eigenvalue weighted by Crippen LogP contribution is -2.38. The zero-order chi connectivity index (χ0) is 15.9. The van der Waals surface area contributed by atoms with Gasteiger partial charge in [0.15, 0.2) is 0 Å². The minimum Gasteiger partial charge on any atom is -0.382 e. The van der Waals surface area contributed by atoms with Crippen molar-refractivity contribution in [3.8, 4) is 0 Å². The number of likely N-dealkylation sites (N-methyl/N-ethyl adjacent to an activating group) is 1. The molecule has 0 saturated carbocycles. The lowest BCUT2D eigenvalue weighted by Gasteiger charge is -2.10. The van der Waals surface area contributed by atoms with E-state index in [4.69, 9.17) is 0 Å². The van der Waals surface area contributed by atoms with Crippen molar-refractivity contribution in [2.45, 2.75) is 12.7 Å². The number of anilines is 1. The summed E-state index contributed by atoms with van der Waals surface area (Å²) >= 11 is 0. The zero-order valence-corrected chi connectivity index (χ0v) is 11.3. The molecule has 0 unspecified atom stereocenters. The highest BCUT2D eigenvalue weighted by atomic mass is 19.4. The summed E-state index contributed by atoms with van der Waals surface area (Å²) in [6, 6.07) is 1.22. The standard InChI is InChI=1S/C11H16F3N5O2/c1-15-2-3-16-8-4-10(21)19(18-5-8)6-9(20)17-7-11(12,13)14/h4-5,15-16H,2-3,6-7H2,1H3,(H,17,20). The quantitative estimate of drug-likeness (QED) is 0.594. The molecular weight excluding hydrogens is 291 g/mol. The van der Waals surface area contributed by atoms with Crippen molar-refractivity contribution < 1.29 is 18.0 Å². The number of rotatable bonds is 7. The van der Waals surface area contributed by atoms with Crippen molar-refractivity contribution in [2.24, 2.45) is 0 Å². The van der Waals surface area contributed by atoms with Crippen molar-refractivity contribution in [2.75, 3.05) is 32.0 Å². The maximum Gasteiger partial charge on any atom is 0.405 e. The average molecular weight is 307 g/mol. The van der Waals surface area contributed by atoms with Gasteiger partial charge in [0.25, 0.3) is 5.56 Å². The third-order valence-corrected chi connectivity index (χ3v) is 2.35. The number of nitrogens with one attached hydrogen (secondary N) is 3. The van der Waals surface area contributed by atoms with Crippen molar-refractivity contribution in [1.82, 2.24) is 20.4 Å². The largest absolute Gasteiger partial charge is 0.405 e. The zero-order valence-electron chi connectivity index (χ0n) is 11.3. The highest BCUT2D eigenvalue weighted by molar-refractivity contribution is 5.75. The van der Waals surface area contributed by atoms with Gasteiger partial charge in [-0.25, -0.2) is 4.68 Å². The third kappa shape index (κ3) is 6.75. The predicted octanol–water partition coefficient (Wildman–Crippen LogP) is -0.447. The number of hydrogen-bond acceptors (Lipinski definition) is 5. The number of amides is 1. The first-order valence-corrected chi connectivity index (χ1v) is 6.11. The van der Waals surface area contributed by atoms with Gasteiger partial charge in [0, 0.05) is 19.2 Å². The second-order valence-electron chi connectivity index (χ2n) is 4.16. The number of hydrogen-bond donors (Lipinski definition) is 3. The van der Waals surface area contributed by atoms with E-state index in [-0.39, 0.29) is 0 Å². The normalized spacial score (nSPS) is 11.2. The Labute approximate surface area is 118 Å². The van der Waals surface area contributed by atoms with Gasteiger partial charge >= 0.3 is 6.18 Å². The first kappa shape index (κ1) is 17.0. The van der Waals surface area contributed by atoms with E-state index in [2.05, 4.69) is 15.7 Å². The first-order chi connectivity index (χ1) is 9.81. The van der Waals surface area contributed by atoms with Crippen LogP contribution < -0.4 is 21.5 Å². The minimum absolute atomic E-state index is 0.474. The summed E-state index contributed by atoms with van der Waals surface area (Å²) in [5, 5.41) is 11.2. The summed E-state index contributed by atoms with van der Waals surface area (Å²) in [4.78, 5) is 22.9. The third-order valence-electron chi connectivity index (χ3n) is 2.35. The molecule has 0 spiro atoms. The lowest BCUT2D eigenvalue weighted by atomic mass is 10.4. The molecule has 21 heavy (non-hydrogen) atoms. The molecule has 0 aliphatic rings. The van der Waals surface area contributed by atoms with Crippen LogP contribution in [0.2, 0.25) is 0 Å². The number of aromatic nitrogens is 2. The predicted molar refractivity (Wildman–Crippen MR) is 70.0 cm³/mol. The number of nitrogens with zero attached hydrogens (tertiary/aromatic N) is 2. The van der Waals surface area contributed by atoms with Crippen LogP contribution in [0.1, 0.15) is 0 Å². The Morgan fingerprint density at radius 1 is 1.38 bits per heavy atom. The fourth-order valence-corrected chi connectivity index (χ4v) is 1.37.